The number of nitrogen functional groups attached to an aromatic ring is 1. The number of benzene rings is 1. The first kappa shape index (κ1) is 17.9. The molecule has 6 nitrogen and oxygen atoms in total. The Balaban J connectivity index is 2.85. The van der Waals surface area contributed by atoms with Crippen molar-refractivity contribution in [2.45, 2.75) is 11.3 Å². The Morgan fingerprint density at radius 2 is 1.65 bits per heavy atom. The maximum atomic E-state index is 12.1. The Bertz CT molecular complexity index is 679. The highest BCUT2D eigenvalue weighted by molar-refractivity contribution is 9.11. The molecule has 1 aromatic rings. The Labute approximate surface area is 135 Å². The van der Waals surface area contributed by atoms with Crippen LogP contribution in [0.1, 0.15) is 6.42 Å². The molecule has 114 valence electrons. The van der Waals surface area contributed by atoms with Crippen molar-refractivity contribution in [3.8, 4) is 0 Å². The molecule has 0 aliphatic carbocycles. The summed E-state index contributed by atoms with van der Waals surface area (Å²) in [5, 5.41) is 0. The van der Waals surface area contributed by atoms with E-state index in [1.807, 2.05) is 0 Å². The maximum Gasteiger partial charge on any atom is 0.242 e. The standard InChI is InChI=1S/C10H14Br2N2O4S2/c1-19(15,16)4-2-3-14-20(17,18)10-8(11)5-7(13)6-9(10)12/h5-6,14H,2-4,13H2,1H3. The molecule has 0 radical (unpaired) electrons. The zero-order valence-corrected chi connectivity index (χ0v) is 15.4. The first-order valence-corrected chi connectivity index (χ1v) is 10.6. The monoisotopic (exact) mass is 448 g/mol. The molecule has 0 aromatic heterocycles. The van der Waals surface area contributed by atoms with Crippen LogP contribution < -0.4 is 10.5 Å². The molecule has 3 N–H and O–H groups in total. The van der Waals surface area contributed by atoms with E-state index >= 15 is 0 Å². The summed E-state index contributed by atoms with van der Waals surface area (Å²) in [7, 11) is -6.85. The van der Waals surface area contributed by atoms with Gasteiger partial charge in [0, 0.05) is 27.4 Å². The van der Waals surface area contributed by atoms with Crippen molar-refractivity contribution in [2.24, 2.45) is 0 Å². The van der Waals surface area contributed by atoms with Crippen LogP contribution in [0.25, 0.3) is 0 Å². The van der Waals surface area contributed by atoms with Crippen molar-refractivity contribution in [1.29, 1.82) is 0 Å². The van der Waals surface area contributed by atoms with Crippen LogP contribution in [0.15, 0.2) is 26.0 Å². The summed E-state index contributed by atoms with van der Waals surface area (Å²) < 4.78 is 49.2. The summed E-state index contributed by atoms with van der Waals surface area (Å²) in [5.41, 5.74) is 6.02. The molecule has 0 bridgehead atoms. The fourth-order valence-electron chi connectivity index (χ4n) is 1.45. The molecule has 0 spiro atoms. The Kier molecular flexibility index (Phi) is 6.02. The lowest BCUT2D eigenvalue weighted by atomic mass is 10.3. The molecule has 0 saturated heterocycles. The van der Waals surface area contributed by atoms with Crippen LogP contribution in [-0.4, -0.2) is 35.4 Å². The molecular weight excluding hydrogens is 436 g/mol. The van der Waals surface area contributed by atoms with Gasteiger partial charge in [0.15, 0.2) is 0 Å². The Hall–Kier alpha value is -0.160. The predicted molar refractivity (Wildman–Crippen MR) is 85.8 cm³/mol. The van der Waals surface area contributed by atoms with Crippen molar-refractivity contribution in [3.05, 3.63) is 21.1 Å². The minimum absolute atomic E-state index is 0.0334. The second kappa shape index (κ2) is 6.73. The third-order valence-corrected chi connectivity index (χ3v) is 6.64. The number of rotatable bonds is 6. The molecule has 0 aliphatic rings. The third-order valence-electron chi connectivity index (χ3n) is 2.27. The number of halogens is 2. The normalized spacial score (nSPS) is 12.6. The van der Waals surface area contributed by atoms with Gasteiger partial charge in [0.1, 0.15) is 14.7 Å². The summed E-state index contributed by atoms with van der Waals surface area (Å²) >= 11 is 6.30. The molecule has 20 heavy (non-hydrogen) atoms. The molecule has 0 amide bonds. The number of anilines is 1. The number of sulfone groups is 1. The second-order valence-electron chi connectivity index (χ2n) is 4.19. The molecule has 0 saturated carbocycles. The topological polar surface area (TPSA) is 106 Å². The van der Waals surface area contributed by atoms with Gasteiger partial charge in [0.2, 0.25) is 10.0 Å². The van der Waals surface area contributed by atoms with E-state index in [-0.39, 0.29) is 23.6 Å². The van der Waals surface area contributed by atoms with Gasteiger partial charge in [0.05, 0.1) is 5.75 Å². The Morgan fingerprint density at radius 1 is 1.15 bits per heavy atom. The molecule has 0 heterocycles. The average molecular weight is 450 g/mol. The molecule has 0 atom stereocenters. The van der Waals surface area contributed by atoms with Gasteiger partial charge in [-0.15, -0.1) is 0 Å². The molecular formula is C10H14Br2N2O4S2. The first-order valence-electron chi connectivity index (χ1n) is 5.45. The highest BCUT2D eigenvalue weighted by Crippen LogP contribution is 2.32. The van der Waals surface area contributed by atoms with Crippen molar-refractivity contribution in [1.82, 2.24) is 4.72 Å². The van der Waals surface area contributed by atoms with Gasteiger partial charge in [-0.05, 0) is 50.4 Å². The molecule has 1 aromatic carbocycles. The summed E-state index contributed by atoms with van der Waals surface area (Å²) in [6.07, 6.45) is 1.32. The number of hydrogen-bond donors (Lipinski definition) is 2. The van der Waals surface area contributed by atoms with Crippen molar-refractivity contribution in [2.75, 3.05) is 24.3 Å². The zero-order valence-electron chi connectivity index (χ0n) is 10.6. The summed E-state index contributed by atoms with van der Waals surface area (Å²) in [5.74, 6) is -0.0698. The quantitative estimate of drug-likeness (QED) is 0.505. The van der Waals surface area contributed by atoms with Crippen molar-refractivity contribution < 1.29 is 16.8 Å². The van der Waals surface area contributed by atoms with Crippen LogP contribution in [0.4, 0.5) is 5.69 Å². The summed E-state index contributed by atoms with van der Waals surface area (Å²) in [6.45, 7) is 0.0403. The van der Waals surface area contributed by atoms with Gasteiger partial charge in [0.25, 0.3) is 0 Å². The van der Waals surface area contributed by atoms with Gasteiger partial charge < -0.3 is 5.73 Å². The lowest BCUT2D eigenvalue weighted by Crippen LogP contribution is -2.26. The average Bonchev–Trinajstić information content (AvgIpc) is 2.21. The largest absolute Gasteiger partial charge is 0.399 e. The fraction of sp³-hybridized carbons (Fsp3) is 0.400. The molecule has 1 rings (SSSR count). The fourth-order valence-corrected chi connectivity index (χ4v) is 5.81. The lowest BCUT2D eigenvalue weighted by Gasteiger charge is -2.11. The molecule has 0 unspecified atom stereocenters. The third kappa shape index (κ3) is 5.32. The maximum absolute atomic E-state index is 12.1. The lowest BCUT2D eigenvalue weighted by molar-refractivity contribution is 0.576. The highest BCUT2D eigenvalue weighted by Gasteiger charge is 2.21. The van der Waals surface area contributed by atoms with E-state index in [1.54, 1.807) is 0 Å². The van der Waals surface area contributed by atoms with Gasteiger partial charge >= 0.3 is 0 Å². The second-order valence-corrected chi connectivity index (χ2v) is 9.87. The summed E-state index contributed by atoms with van der Waals surface area (Å²) in [4.78, 5) is 0.0334. The van der Waals surface area contributed by atoms with E-state index in [9.17, 15) is 16.8 Å². The van der Waals surface area contributed by atoms with E-state index < -0.39 is 19.9 Å². The van der Waals surface area contributed by atoms with E-state index in [0.717, 1.165) is 6.26 Å². The number of nitrogens with two attached hydrogens (primary N) is 1. The van der Waals surface area contributed by atoms with E-state index in [4.69, 9.17) is 5.73 Å². The summed E-state index contributed by atoms with van der Waals surface area (Å²) in [6, 6.07) is 2.96. The minimum atomic E-state index is -3.75. The van der Waals surface area contributed by atoms with Gasteiger partial charge in [-0.1, -0.05) is 0 Å². The Morgan fingerprint density at radius 3 is 2.10 bits per heavy atom. The van der Waals surface area contributed by atoms with Gasteiger partial charge in [-0.2, -0.15) is 0 Å². The number of nitrogens with one attached hydrogen (secondary N) is 1. The van der Waals surface area contributed by atoms with E-state index in [0.29, 0.717) is 14.6 Å². The van der Waals surface area contributed by atoms with Crippen LogP contribution in [0.5, 0.6) is 0 Å². The smallest absolute Gasteiger partial charge is 0.242 e. The van der Waals surface area contributed by atoms with Gasteiger partial charge in [-0.25, -0.2) is 21.6 Å². The van der Waals surface area contributed by atoms with Crippen LogP contribution in [-0.2, 0) is 19.9 Å². The number of hydrogen-bond acceptors (Lipinski definition) is 5. The minimum Gasteiger partial charge on any atom is -0.399 e. The molecule has 10 heteroatoms. The van der Waals surface area contributed by atoms with E-state index in [1.165, 1.54) is 12.1 Å². The molecule has 0 fully saturated rings. The highest BCUT2D eigenvalue weighted by atomic mass is 79.9. The SMILES string of the molecule is CS(=O)(=O)CCCNS(=O)(=O)c1c(Br)cc(N)cc1Br. The number of sulfonamides is 1. The predicted octanol–water partition coefficient (Wildman–Crippen LogP) is 1.51. The zero-order chi connectivity index (χ0) is 15.6. The van der Waals surface area contributed by atoms with Gasteiger partial charge in [-0.3, -0.25) is 0 Å². The van der Waals surface area contributed by atoms with Crippen LogP contribution >= 0.6 is 31.9 Å². The first-order chi connectivity index (χ1) is 9.03. The van der Waals surface area contributed by atoms with Crippen molar-refractivity contribution in [3.63, 3.8) is 0 Å². The van der Waals surface area contributed by atoms with Crippen LogP contribution in [0.2, 0.25) is 0 Å². The van der Waals surface area contributed by atoms with E-state index in [2.05, 4.69) is 36.6 Å². The van der Waals surface area contributed by atoms with Crippen molar-refractivity contribution >= 4 is 57.4 Å². The molecule has 0 aliphatic heterocycles. The van der Waals surface area contributed by atoms with Crippen LogP contribution in [0.3, 0.4) is 0 Å². The van der Waals surface area contributed by atoms with Crippen LogP contribution in [0, 0.1) is 0 Å².